The molecule has 1 atom stereocenters. The molecule has 1 unspecified atom stereocenters. The number of benzene rings is 1. The van der Waals surface area contributed by atoms with Gasteiger partial charge in [0.2, 0.25) is 5.95 Å². The lowest BCUT2D eigenvalue weighted by Crippen LogP contribution is -2.41. The largest absolute Gasteiger partial charge is 0.497 e. The summed E-state index contributed by atoms with van der Waals surface area (Å²) in [4.78, 5) is 22.6. The lowest BCUT2D eigenvalue weighted by Gasteiger charge is -2.25. The third-order valence-corrected chi connectivity index (χ3v) is 4.26. The number of nitrogens with one attached hydrogen (secondary N) is 2. The van der Waals surface area contributed by atoms with Crippen molar-refractivity contribution >= 4 is 12.0 Å². The number of carbonyl (C=O) groups is 1. The molecule has 132 valence electrons. The minimum atomic E-state index is -0.0332. The van der Waals surface area contributed by atoms with Gasteiger partial charge in [-0.15, -0.1) is 0 Å². The van der Waals surface area contributed by atoms with E-state index < -0.39 is 0 Å². The number of anilines is 1. The number of rotatable bonds is 6. The van der Waals surface area contributed by atoms with Crippen LogP contribution in [0.25, 0.3) is 0 Å². The van der Waals surface area contributed by atoms with E-state index in [-0.39, 0.29) is 12.1 Å². The van der Waals surface area contributed by atoms with Gasteiger partial charge >= 0.3 is 6.03 Å². The summed E-state index contributed by atoms with van der Waals surface area (Å²) in [5, 5.41) is 6.04. The number of amides is 2. The van der Waals surface area contributed by atoms with Crippen LogP contribution >= 0.6 is 0 Å². The Hall–Kier alpha value is -2.83. The smallest absolute Gasteiger partial charge is 0.317 e. The maximum atomic E-state index is 12.5. The Morgan fingerprint density at radius 2 is 2.00 bits per heavy atom. The van der Waals surface area contributed by atoms with E-state index in [4.69, 9.17) is 4.74 Å². The predicted molar refractivity (Wildman–Crippen MR) is 95.6 cm³/mol. The first-order valence-corrected chi connectivity index (χ1v) is 8.47. The van der Waals surface area contributed by atoms with Crippen molar-refractivity contribution in [3.63, 3.8) is 0 Å². The van der Waals surface area contributed by atoms with Gasteiger partial charge in [0.05, 0.1) is 13.2 Å². The Labute approximate surface area is 147 Å². The number of nitrogens with zero attached hydrogens (tertiary/aromatic N) is 3. The first-order chi connectivity index (χ1) is 12.3. The predicted octanol–water partition coefficient (Wildman–Crippen LogP) is 2.44. The zero-order valence-corrected chi connectivity index (χ0v) is 14.3. The van der Waals surface area contributed by atoms with E-state index in [0.717, 1.165) is 30.7 Å². The molecule has 25 heavy (non-hydrogen) atoms. The maximum Gasteiger partial charge on any atom is 0.317 e. The molecule has 0 saturated carbocycles. The van der Waals surface area contributed by atoms with E-state index >= 15 is 0 Å². The highest BCUT2D eigenvalue weighted by Crippen LogP contribution is 2.32. The molecule has 7 heteroatoms. The molecule has 1 saturated heterocycles. The molecule has 1 aromatic heterocycles. The topological polar surface area (TPSA) is 79.4 Å². The van der Waals surface area contributed by atoms with Crippen LogP contribution in [-0.4, -0.2) is 47.6 Å². The van der Waals surface area contributed by atoms with Crippen LogP contribution in [0.2, 0.25) is 0 Å². The monoisotopic (exact) mass is 341 g/mol. The Morgan fingerprint density at radius 1 is 1.24 bits per heavy atom. The first-order valence-electron chi connectivity index (χ1n) is 8.47. The lowest BCUT2D eigenvalue weighted by molar-refractivity contribution is 0.193. The van der Waals surface area contributed by atoms with E-state index in [2.05, 4.69) is 20.6 Å². The Morgan fingerprint density at radius 3 is 2.72 bits per heavy atom. The van der Waals surface area contributed by atoms with Gasteiger partial charge in [0, 0.05) is 32.0 Å². The molecule has 0 aliphatic carbocycles. The van der Waals surface area contributed by atoms with Crippen molar-refractivity contribution in [2.75, 3.05) is 32.1 Å². The molecule has 2 heterocycles. The first kappa shape index (κ1) is 17.0. The zero-order valence-electron chi connectivity index (χ0n) is 14.3. The number of urea groups is 1. The SMILES string of the molecule is COc1ccc(C2CCCN2C(=O)NCCNc2ncccn2)cc1. The fourth-order valence-electron chi connectivity index (χ4n) is 3.02. The van der Waals surface area contributed by atoms with Gasteiger partial charge in [0.15, 0.2) is 0 Å². The van der Waals surface area contributed by atoms with Crippen LogP contribution in [0.4, 0.5) is 10.7 Å². The standard InChI is InChI=1S/C18H23N5O2/c1-25-15-7-5-14(6-8-15)16-4-2-13-23(16)18(24)22-12-11-21-17-19-9-3-10-20-17/h3,5-10,16H,2,4,11-13H2,1H3,(H,22,24)(H,19,20,21). The highest BCUT2D eigenvalue weighted by Gasteiger charge is 2.29. The van der Waals surface area contributed by atoms with E-state index in [1.807, 2.05) is 29.2 Å². The minimum absolute atomic E-state index is 0.0332. The van der Waals surface area contributed by atoms with Gasteiger partial charge in [-0.2, -0.15) is 0 Å². The Balaban J connectivity index is 1.50. The second kappa shape index (κ2) is 8.32. The number of ether oxygens (including phenoxy) is 1. The van der Waals surface area contributed by atoms with E-state index in [1.54, 1.807) is 25.6 Å². The Kier molecular flexibility index (Phi) is 5.66. The molecule has 0 radical (unpaired) electrons. The zero-order chi connectivity index (χ0) is 17.5. The van der Waals surface area contributed by atoms with Crippen molar-refractivity contribution < 1.29 is 9.53 Å². The number of carbonyl (C=O) groups excluding carboxylic acids is 1. The summed E-state index contributed by atoms with van der Waals surface area (Å²) in [6, 6.07) is 9.79. The third kappa shape index (κ3) is 4.37. The molecule has 1 aliphatic rings. The van der Waals surface area contributed by atoms with Crippen molar-refractivity contribution in [1.82, 2.24) is 20.2 Å². The summed E-state index contributed by atoms with van der Waals surface area (Å²) in [7, 11) is 1.65. The summed E-state index contributed by atoms with van der Waals surface area (Å²) >= 11 is 0. The number of hydrogen-bond acceptors (Lipinski definition) is 5. The second-order valence-corrected chi connectivity index (χ2v) is 5.86. The van der Waals surface area contributed by atoms with E-state index in [1.165, 1.54) is 0 Å². The van der Waals surface area contributed by atoms with Gasteiger partial charge in [0.1, 0.15) is 5.75 Å². The summed E-state index contributed by atoms with van der Waals surface area (Å²) < 4.78 is 5.20. The van der Waals surface area contributed by atoms with Gasteiger partial charge < -0.3 is 20.3 Å². The van der Waals surface area contributed by atoms with Gasteiger partial charge in [-0.1, -0.05) is 12.1 Å². The minimum Gasteiger partial charge on any atom is -0.497 e. The second-order valence-electron chi connectivity index (χ2n) is 5.86. The maximum absolute atomic E-state index is 12.5. The fraction of sp³-hybridized carbons (Fsp3) is 0.389. The van der Waals surface area contributed by atoms with Crippen LogP contribution in [0.5, 0.6) is 5.75 Å². The van der Waals surface area contributed by atoms with Crippen molar-refractivity contribution in [3.05, 3.63) is 48.3 Å². The van der Waals surface area contributed by atoms with Gasteiger partial charge in [-0.3, -0.25) is 0 Å². The molecule has 3 rings (SSSR count). The molecular weight excluding hydrogens is 318 g/mol. The van der Waals surface area contributed by atoms with Crippen LogP contribution in [0.15, 0.2) is 42.7 Å². The molecule has 2 N–H and O–H groups in total. The number of likely N-dealkylation sites (tertiary alicyclic amines) is 1. The number of aromatic nitrogens is 2. The molecule has 1 aromatic carbocycles. The van der Waals surface area contributed by atoms with Crippen molar-refractivity contribution in [2.24, 2.45) is 0 Å². The van der Waals surface area contributed by atoms with Gasteiger partial charge in [0.25, 0.3) is 0 Å². The number of hydrogen-bond donors (Lipinski definition) is 2. The summed E-state index contributed by atoms with van der Waals surface area (Å²) in [6.45, 7) is 1.87. The van der Waals surface area contributed by atoms with Crippen molar-refractivity contribution in [2.45, 2.75) is 18.9 Å². The summed E-state index contributed by atoms with van der Waals surface area (Å²) in [6.07, 6.45) is 5.35. The highest BCUT2D eigenvalue weighted by molar-refractivity contribution is 5.75. The molecule has 0 bridgehead atoms. The van der Waals surface area contributed by atoms with Crippen molar-refractivity contribution in [1.29, 1.82) is 0 Å². The fourth-order valence-corrected chi connectivity index (χ4v) is 3.02. The van der Waals surface area contributed by atoms with Crippen LogP contribution in [0.3, 0.4) is 0 Å². The quantitative estimate of drug-likeness (QED) is 0.789. The van der Waals surface area contributed by atoms with Crippen LogP contribution in [0, 0.1) is 0 Å². The highest BCUT2D eigenvalue weighted by atomic mass is 16.5. The molecule has 1 fully saturated rings. The van der Waals surface area contributed by atoms with Crippen LogP contribution < -0.4 is 15.4 Å². The van der Waals surface area contributed by atoms with Crippen LogP contribution in [-0.2, 0) is 0 Å². The Bertz CT molecular complexity index is 678. The average Bonchev–Trinajstić information content (AvgIpc) is 3.16. The van der Waals surface area contributed by atoms with Crippen molar-refractivity contribution in [3.8, 4) is 5.75 Å². The van der Waals surface area contributed by atoms with E-state index in [9.17, 15) is 4.79 Å². The molecule has 2 amide bonds. The summed E-state index contributed by atoms with van der Waals surface area (Å²) in [5.74, 6) is 1.39. The summed E-state index contributed by atoms with van der Waals surface area (Å²) in [5.41, 5.74) is 1.14. The van der Waals surface area contributed by atoms with Gasteiger partial charge in [-0.05, 0) is 36.6 Å². The lowest BCUT2D eigenvalue weighted by atomic mass is 10.0. The number of methoxy groups -OCH3 is 1. The van der Waals surface area contributed by atoms with Gasteiger partial charge in [-0.25, -0.2) is 14.8 Å². The molecule has 2 aromatic rings. The third-order valence-electron chi connectivity index (χ3n) is 4.26. The molecular formula is C18H23N5O2. The normalized spacial score (nSPS) is 16.5. The van der Waals surface area contributed by atoms with Crippen LogP contribution in [0.1, 0.15) is 24.4 Å². The molecule has 0 spiro atoms. The molecule has 7 nitrogen and oxygen atoms in total. The molecule has 1 aliphatic heterocycles. The van der Waals surface area contributed by atoms with E-state index in [0.29, 0.717) is 19.0 Å². The average molecular weight is 341 g/mol.